The first-order valence-corrected chi connectivity index (χ1v) is 8.88. The van der Waals surface area contributed by atoms with Gasteiger partial charge in [0.15, 0.2) is 0 Å². The highest BCUT2D eigenvalue weighted by molar-refractivity contribution is 7.13. The van der Waals surface area contributed by atoms with Gasteiger partial charge in [0.2, 0.25) is 5.91 Å². The quantitative estimate of drug-likeness (QED) is 0.768. The highest BCUT2D eigenvalue weighted by atomic mass is 32.1. The Bertz CT molecular complexity index is 693. The number of amides is 1. The Labute approximate surface area is 145 Å². The molecule has 5 nitrogen and oxygen atoms in total. The SMILES string of the molecule is CCC(CC)(CNC(=O)Cc1csc(-c2ccccc2)n1)C(=O)O. The molecule has 128 valence electrons. The minimum Gasteiger partial charge on any atom is -0.481 e. The van der Waals surface area contributed by atoms with Gasteiger partial charge in [0.1, 0.15) is 5.01 Å². The molecule has 0 atom stereocenters. The van der Waals surface area contributed by atoms with Gasteiger partial charge < -0.3 is 10.4 Å². The molecule has 0 spiro atoms. The number of thiazole rings is 1. The molecule has 0 saturated heterocycles. The fourth-order valence-corrected chi connectivity index (χ4v) is 3.30. The molecule has 1 amide bonds. The second-order valence-corrected chi connectivity index (χ2v) is 6.61. The van der Waals surface area contributed by atoms with Crippen LogP contribution in [0.25, 0.3) is 10.6 Å². The second-order valence-electron chi connectivity index (χ2n) is 5.76. The lowest BCUT2D eigenvalue weighted by molar-refractivity contribution is -0.149. The Kier molecular flexibility index (Phi) is 6.09. The molecule has 2 N–H and O–H groups in total. The first-order valence-electron chi connectivity index (χ1n) is 8.00. The number of hydrogen-bond donors (Lipinski definition) is 2. The van der Waals surface area contributed by atoms with Crippen molar-refractivity contribution in [3.05, 3.63) is 41.4 Å². The molecule has 0 aliphatic heterocycles. The Morgan fingerprint density at radius 2 is 1.88 bits per heavy atom. The number of carbonyl (C=O) groups excluding carboxylic acids is 1. The van der Waals surface area contributed by atoms with Crippen LogP contribution in [0.5, 0.6) is 0 Å². The summed E-state index contributed by atoms with van der Waals surface area (Å²) in [5.74, 6) is -1.07. The van der Waals surface area contributed by atoms with Gasteiger partial charge in [-0.25, -0.2) is 4.98 Å². The number of benzene rings is 1. The molecule has 0 unspecified atom stereocenters. The van der Waals surface area contributed by atoms with Gasteiger partial charge in [-0.1, -0.05) is 44.2 Å². The van der Waals surface area contributed by atoms with Crippen molar-refractivity contribution in [2.45, 2.75) is 33.1 Å². The normalized spacial score (nSPS) is 11.2. The van der Waals surface area contributed by atoms with Crippen molar-refractivity contribution in [2.24, 2.45) is 5.41 Å². The molecular formula is C18H22N2O3S. The summed E-state index contributed by atoms with van der Waals surface area (Å²) in [4.78, 5) is 28.1. The molecule has 1 aromatic heterocycles. The Balaban J connectivity index is 1.96. The predicted molar refractivity (Wildman–Crippen MR) is 94.9 cm³/mol. The molecule has 2 rings (SSSR count). The first-order chi connectivity index (χ1) is 11.5. The Hall–Kier alpha value is -2.21. The monoisotopic (exact) mass is 346 g/mol. The van der Waals surface area contributed by atoms with Crippen LogP contribution in [-0.4, -0.2) is 28.5 Å². The zero-order valence-corrected chi connectivity index (χ0v) is 14.7. The molecule has 0 aliphatic carbocycles. The molecule has 2 aromatic rings. The maximum absolute atomic E-state index is 12.1. The topological polar surface area (TPSA) is 79.3 Å². The Morgan fingerprint density at radius 1 is 1.21 bits per heavy atom. The van der Waals surface area contributed by atoms with E-state index in [0.717, 1.165) is 10.6 Å². The number of carboxylic acid groups (broad SMARTS) is 1. The van der Waals surface area contributed by atoms with E-state index >= 15 is 0 Å². The summed E-state index contributed by atoms with van der Waals surface area (Å²) in [7, 11) is 0. The smallest absolute Gasteiger partial charge is 0.311 e. The standard InChI is InChI=1S/C18H22N2O3S/c1-3-18(4-2,17(22)23)12-19-15(21)10-14-11-24-16(20-14)13-8-6-5-7-9-13/h5-9,11H,3-4,10,12H2,1-2H3,(H,19,21)(H,22,23). The van der Waals surface area contributed by atoms with Gasteiger partial charge in [-0.2, -0.15) is 0 Å². The van der Waals surface area contributed by atoms with Crippen LogP contribution in [-0.2, 0) is 16.0 Å². The van der Waals surface area contributed by atoms with Gasteiger partial charge >= 0.3 is 5.97 Å². The average Bonchev–Trinajstić information content (AvgIpc) is 3.05. The summed E-state index contributed by atoms with van der Waals surface area (Å²) in [5.41, 5.74) is 0.828. The van der Waals surface area contributed by atoms with Crippen molar-refractivity contribution in [1.29, 1.82) is 0 Å². The third-order valence-corrected chi connectivity index (χ3v) is 5.29. The van der Waals surface area contributed by atoms with Crippen molar-refractivity contribution in [3.63, 3.8) is 0 Å². The molecule has 1 heterocycles. The van der Waals surface area contributed by atoms with Crippen LogP contribution in [0, 0.1) is 5.41 Å². The van der Waals surface area contributed by atoms with Crippen molar-refractivity contribution in [3.8, 4) is 10.6 Å². The summed E-state index contributed by atoms with van der Waals surface area (Å²) in [6.45, 7) is 3.80. The average molecular weight is 346 g/mol. The summed E-state index contributed by atoms with van der Waals surface area (Å²) in [5, 5.41) is 14.9. The van der Waals surface area contributed by atoms with E-state index in [0.29, 0.717) is 18.5 Å². The zero-order valence-electron chi connectivity index (χ0n) is 13.9. The molecule has 0 fully saturated rings. The van der Waals surface area contributed by atoms with Crippen LogP contribution in [0.2, 0.25) is 0 Å². The molecular weight excluding hydrogens is 324 g/mol. The summed E-state index contributed by atoms with van der Waals surface area (Å²) >= 11 is 1.50. The maximum Gasteiger partial charge on any atom is 0.311 e. The number of aliphatic carboxylic acids is 1. The molecule has 0 bridgehead atoms. The van der Waals surface area contributed by atoms with E-state index in [1.165, 1.54) is 11.3 Å². The minimum atomic E-state index is -0.896. The maximum atomic E-state index is 12.1. The van der Waals surface area contributed by atoms with Crippen LogP contribution < -0.4 is 5.32 Å². The fraction of sp³-hybridized carbons (Fsp3) is 0.389. The molecule has 0 saturated carbocycles. The number of carbonyl (C=O) groups is 2. The van der Waals surface area contributed by atoms with Gasteiger partial charge in [0, 0.05) is 17.5 Å². The van der Waals surface area contributed by atoms with Crippen LogP contribution in [0.3, 0.4) is 0 Å². The van der Waals surface area contributed by atoms with Crippen LogP contribution in [0.15, 0.2) is 35.7 Å². The molecule has 6 heteroatoms. The van der Waals surface area contributed by atoms with Gasteiger partial charge in [-0.15, -0.1) is 11.3 Å². The molecule has 1 aromatic carbocycles. The lowest BCUT2D eigenvalue weighted by Gasteiger charge is -2.26. The number of rotatable bonds is 8. The second kappa shape index (κ2) is 8.06. The number of nitrogens with one attached hydrogen (secondary N) is 1. The largest absolute Gasteiger partial charge is 0.481 e. The third kappa shape index (κ3) is 4.20. The van der Waals surface area contributed by atoms with Gasteiger partial charge in [0.25, 0.3) is 0 Å². The van der Waals surface area contributed by atoms with E-state index in [2.05, 4.69) is 10.3 Å². The van der Waals surface area contributed by atoms with E-state index in [9.17, 15) is 14.7 Å². The number of aromatic nitrogens is 1. The van der Waals surface area contributed by atoms with Gasteiger partial charge in [0.05, 0.1) is 17.5 Å². The van der Waals surface area contributed by atoms with E-state index in [1.54, 1.807) is 0 Å². The lowest BCUT2D eigenvalue weighted by atomic mass is 9.82. The van der Waals surface area contributed by atoms with Crippen molar-refractivity contribution < 1.29 is 14.7 Å². The van der Waals surface area contributed by atoms with Crippen molar-refractivity contribution >= 4 is 23.2 Å². The van der Waals surface area contributed by atoms with E-state index < -0.39 is 11.4 Å². The highest BCUT2D eigenvalue weighted by Gasteiger charge is 2.35. The highest BCUT2D eigenvalue weighted by Crippen LogP contribution is 2.26. The van der Waals surface area contributed by atoms with Gasteiger partial charge in [-0.3, -0.25) is 9.59 Å². The van der Waals surface area contributed by atoms with Crippen LogP contribution >= 0.6 is 11.3 Å². The van der Waals surface area contributed by atoms with E-state index in [-0.39, 0.29) is 18.9 Å². The lowest BCUT2D eigenvalue weighted by Crippen LogP contribution is -2.42. The number of nitrogens with zero attached hydrogens (tertiary/aromatic N) is 1. The summed E-state index contributed by atoms with van der Waals surface area (Å²) in [6.07, 6.45) is 1.12. The van der Waals surface area contributed by atoms with E-state index in [4.69, 9.17) is 0 Å². The summed E-state index contributed by atoms with van der Waals surface area (Å²) in [6, 6.07) is 9.80. The number of hydrogen-bond acceptors (Lipinski definition) is 4. The molecule has 0 radical (unpaired) electrons. The molecule has 24 heavy (non-hydrogen) atoms. The minimum absolute atomic E-state index is 0.143. The predicted octanol–water partition coefficient (Wildman–Crippen LogP) is 3.36. The van der Waals surface area contributed by atoms with Crippen LogP contribution in [0.4, 0.5) is 0 Å². The molecule has 0 aliphatic rings. The van der Waals surface area contributed by atoms with Gasteiger partial charge in [-0.05, 0) is 12.8 Å². The third-order valence-electron chi connectivity index (χ3n) is 4.35. The van der Waals surface area contributed by atoms with Crippen molar-refractivity contribution in [2.75, 3.05) is 6.54 Å². The van der Waals surface area contributed by atoms with Crippen LogP contribution in [0.1, 0.15) is 32.4 Å². The Morgan fingerprint density at radius 3 is 2.46 bits per heavy atom. The van der Waals surface area contributed by atoms with E-state index in [1.807, 2.05) is 49.6 Å². The summed E-state index contributed by atoms with van der Waals surface area (Å²) < 4.78 is 0. The fourth-order valence-electron chi connectivity index (χ4n) is 2.47. The van der Waals surface area contributed by atoms with Crippen molar-refractivity contribution in [1.82, 2.24) is 10.3 Å². The number of carboxylic acids is 1. The zero-order chi connectivity index (χ0) is 17.6. The first kappa shape index (κ1) is 18.1.